The fourth-order valence-electron chi connectivity index (χ4n) is 1.86. The number of ether oxygens (including phenoxy) is 2. The molecule has 1 atom stereocenters. The van der Waals surface area contributed by atoms with Gasteiger partial charge in [-0.1, -0.05) is 42.5 Å². The topological polar surface area (TPSA) is 55.8 Å². The van der Waals surface area contributed by atoms with Crippen molar-refractivity contribution in [2.75, 3.05) is 13.7 Å². The quantitative estimate of drug-likeness (QED) is 0.658. The largest absolute Gasteiger partial charge is 0.497 e. The molecule has 2 rings (SSSR count). The number of aliphatic hydroxyl groups excluding tert-OH is 1. The van der Waals surface area contributed by atoms with E-state index < -0.39 is 12.1 Å². The number of aliphatic hydroxyl groups is 1. The summed E-state index contributed by atoms with van der Waals surface area (Å²) < 4.78 is 10.1. The molecule has 4 heteroatoms. The van der Waals surface area contributed by atoms with Crippen molar-refractivity contribution in [3.8, 4) is 5.75 Å². The van der Waals surface area contributed by atoms with E-state index in [9.17, 15) is 9.90 Å². The van der Waals surface area contributed by atoms with E-state index in [1.807, 2.05) is 30.3 Å². The molecule has 114 valence electrons. The van der Waals surface area contributed by atoms with Crippen LogP contribution in [0.1, 0.15) is 17.2 Å². The summed E-state index contributed by atoms with van der Waals surface area (Å²) in [4.78, 5) is 11.6. The van der Waals surface area contributed by atoms with Crippen LogP contribution in [0.5, 0.6) is 5.75 Å². The summed E-state index contributed by atoms with van der Waals surface area (Å²) in [5, 5.41) is 9.98. The van der Waals surface area contributed by atoms with E-state index in [2.05, 4.69) is 0 Å². The van der Waals surface area contributed by atoms with Gasteiger partial charge in [-0.05, 0) is 29.3 Å². The molecule has 0 radical (unpaired) electrons. The molecule has 0 unspecified atom stereocenters. The average Bonchev–Trinajstić information content (AvgIpc) is 2.58. The van der Waals surface area contributed by atoms with Crippen LogP contribution in [0.2, 0.25) is 0 Å². The number of hydrogen-bond donors (Lipinski definition) is 1. The van der Waals surface area contributed by atoms with E-state index in [-0.39, 0.29) is 6.61 Å². The minimum Gasteiger partial charge on any atom is -0.497 e. The van der Waals surface area contributed by atoms with Crippen LogP contribution >= 0.6 is 0 Å². The third-order valence-corrected chi connectivity index (χ3v) is 3.10. The third-order valence-electron chi connectivity index (χ3n) is 3.10. The summed E-state index contributed by atoms with van der Waals surface area (Å²) in [5.74, 6) is 0.218. The highest BCUT2D eigenvalue weighted by atomic mass is 16.5. The van der Waals surface area contributed by atoms with Gasteiger partial charge < -0.3 is 14.6 Å². The lowest BCUT2D eigenvalue weighted by atomic mass is 10.1. The second kappa shape index (κ2) is 8.00. The lowest BCUT2D eigenvalue weighted by Crippen LogP contribution is -2.10. The molecule has 4 nitrogen and oxygen atoms in total. The van der Waals surface area contributed by atoms with E-state index in [4.69, 9.17) is 9.47 Å². The molecule has 0 amide bonds. The number of rotatable bonds is 6. The highest BCUT2D eigenvalue weighted by Crippen LogP contribution is 2.17. The lowest BCUT2D eigenvalue weighted by Gasteiger charge is -2.11. The molecule has 0 saturated heterocycles. The van der Waals surface area contributed by atoms with Crippen molar-refractivity contribution in [2.24, 2.45) is 0 Å². The normalized spacial score (nSPS) is 12.1. The Bertz CT molecular complexity index is 617. The summed E-state index contributed by atoms with van der Waals surface area (Å²) in [6, 6.07) is 16.4. The van der Waals surface area contributed by atoms with E-state index in [0.29, 0.717) is 11.3 Å². The Hall–Kier alpha value is -2.59. The Kier molecular flexibility index (Phi) is 5.74. The predicted octanol–water partition coefficient (Wildman–Crippen LogP) is 2.99. The van der Waals surface area contributed by atoms with Gasteiger partial charge in [-0.15, -0.1) is 0 Å². The van der Waals surface area contributed by atoms with Crippen LogP contribution in [0, 0.1) is 0 Å². The molecule has 2 aromatic carbocycles. The molecule has 0 aliphatic carbocycles. The van der Waals surface area contributed by atoms with Gasteiger partial charge in [0.05, 0.1) is 7.11 Å². The SMILES string of the molecule is COc1ccc([C@@H](O)COC(=O)/C=C/c2ccccc2)cc1. The van der Waals surface area contributed by atoms with Gasteiger partial charge in [-0.25, -0.2) is 4.79 Å². The number of carbonyl (C=O) groups excluding carboxylic acids is 1. The van der Waals surface area contributed by atoms with Crippen LogP contribution in [0.15, 0.2) is 60.7 Å². The Morgan fingerprint density at radius 2 is 1.82 bits per heavy atom. The molecule has 22 heavy (non-hydrogen) atoms. The Balaban J connectivity index is 1.83. The molecule has 0 fully saturated rings. The smallest absolute Gasteiger partial charge is 0.330 e. The molecular weight excluding hydrogens is 280 g/mol. The number of benzene rings is 2. The van der Waals surface area contributed by atoms with Crippen LogP contribution in [-0.4, -0.2) is 24.8 Å². The number of methoxy groups -OCH3 is 1. The Morgan fingerprint density at radius 3 is 2.45 bits per heavy atom. The monoisotopic (exact) mass is 298 g/mol. The average molecular weight is 298 g/mol. The number of esters is 1. The highest BCUT2D eigenvalue weighted by Gasteiger charge is 2.09. The molecule has 0 aliphatic heterocycles. The maximum absolute atomic E-state index is 11.6. The second-order valence-electron chi connectivity index (χ2n) is 4.66. The summed E-state index contributed by atoms with van der Waals surface area (Å²) in [7, 11) is 1.58. The van der Waals surface area contributed by atoms with Crippen molar-refractivity contribution < 1.29 is 19.4 Å². The Labute approximate surface area is 129 Å². The first-order chi connectivity index (χ1) is 10.7. The van der Waals surface area contributed by atoms with E-state index in [1.165, 1.54) is 6.08 Å². The van der Waals surface area contributed by atoms with Gasteiger partial charge >= 0.3 is 5.97 Å². The molecular formula is C18H18O4. The fraction of sp³-hybridized carbons (Fsp3) is 0.167. The molecule has 0 aromatic heterocycles. The maximum Gasteiger partial charge on any atom is 0.330 e. The zero-order chi connectivity index (χ0) is 15.8. The van der Waals surface area contributed by atoms with Gasteiger partial charge in [0.1, 0.15) is 18.5 Å². The summed E-state index contributed by atoms with van der Waals surface area (Å²) in [5.41, 5.74) is 1.58. The summed E-state index contributed by atoms with van der Waals surface area (Å²) in [6.45, 7) is -0.0930. The van der Waals surface area contributed by atoms with Crippen molar-refractivity contribution in [3.63, 3.8) is 0 Å². The maximum atomic E-state index is 11.6. The predicted molar refractivity (Wildman–Crippen MR) is 84.4 cm³/mol. The van der Waals surface area contributed by atoms with Gasteiger partial charge in [0.2, 0.25) is 0 Å². The zero-order valence-electron chi connectivity index (χ0n) is 12.3. The molecule has 0 bridgehead atoms. The van der Waals surface area contributed by atoms with Gasteiger partial charge in [0.15, 0.2) is 0 Å². The van der Waals surface area contributed by atoms with Gasteiger partial charge in [-0.2, -0.15) is 0 Å². The first-order valence-corrected chi connectivity index (χ1v) is 6.91. The fourth-order valence-corrected chi connectivity index (χ4v) is 1.86. The van der Waals surface area contributed by atoms with Gasteiger partial charge in [-0.3, -0.25) is 0 Å². The van der Waals surface area contributed by atoms with Gasteiger partial charge in [0.25, 0.3) is 0 Å². The lowest BCUT2D eigenvalue weighted by molar-refractivity contribution is -0.140. The Morgan fingerprint density at radius 1 is 1.14 bits per heavy atom. The van der Waals surface area contributed by atoms with Crippen molar-refractivity contribution in [2.45, 2.75) is 6.10 Å². The van der Waals surface area contributed by atoms with Crippen LogP contribution < -0.4 is 4.74 Å². The van der Waals surface area contributed by atoms with Crippen LogP contribution in [0.3, 0.4) is 0 Å². The van der Waals surface area contributed by atoms with Gasteiger partial charge in [0, 0.05) is 6.08 Å². The van der Waals surface area contributed by atoms with Crippen LogP contribution in [-0.2, 0) is 9.53 Å². The first-order valence-electron chi connectivity index (χ1n) is 6.91. The molecule has 1 N–H and O–H groups in total. The zero-order valence-corrected chi connectivity index (χ0v) is 12.3. The van der Waals surface area contributed by atoms with Crippen molar-refractivity contribution >= 4 is 12.0 Å². The van der Waals surface area contributed by atoms with Crippen LogP contribution in [0.25, 0.3) is 6.08 Å². The molecule has 0 spiro atoms. The van der Waals surface area contributed by atoms with Crippen molar-refractivity contribution in [1.82, 2.24) is 0 Å². The summed E-state index contributed by atoms with van der Waals surface area (Å²) >= 11 is 0. The number of hydrogen-bond acceptors (Lipinski definition) is 4. The molecule has 0 heterocycles. The third kappa shape index (κ3) is 4.75. The molecule has 0 saturated carbocycles. The van der Waals surface area contributed by atoms with E-state index in [0.717, 1.165) is 5.56 Å². The van der Waals surface area contributed by atoms with Crippen molar-refractivity contribution in [3.05, 3.63) is 71.8 Å². The summed E-state index contributed by atoms with van der Waals surface area (Å²) in [6.07, 6.45) is 2.15. The second-order valence-corrected chi connectivity index (χ2v) is 4.66. The minimum absolute atomic E-state index is 0.0930. The van der Waals surface area contributed by atoms with Crippen molar-refractivity contribution in [1.29, 1.82) is 0 Å². The molecule has 0 aliphatic rings. The minimum atomic E-state index is -0.861. The standard InChI is InChI=1S/C18H18O4/c1-21-16-10-8-15(9-11-16)17(19)13-22-18(20)12-7-14-5-3-2-4-6-14/h2-12,17,19H,13H2,1H3/b12-7+/t17-/m0/s1. The highest BCUT2D eigenvalue weighted by molar-refractivity contribution is 5.87. The number of carbonyl (C=O) groups is 1. The first kappa shape index (κ1) is 15.8. The van der Waals surface area contributed by atoms with E-state index >= 15 is 0 Å². The van der Waals surface area contributed by atoms with E-state index in [1.54, 1.807) is 37.5 Å². The molecule has 2 aromatic rings. The van der Waals surface area contributed by atoms with Crippen LogP contribution in [0.4, 0.5) is 0 Å².